The number of carbonyl (C=O) groups is 1. The lowest BCUT2D eigenvalue weighted by molar-refractivity contribution is -0.137. The van der Waals surface area contributed by atoms with E-state index in [1.165, 1.54) is 0 Å². The smallest absolute Gasteiger partial charge is 0.304 e. The molecule has 0 heterocycles. The van der Waals surface area contributed by atoms with E-state index in [1.54, 1.807) is 6.07 Å². The van der Waals surface area contributed by atoms with Crippen molar-refractivity contribution in [2.24, 2.45) is 0 Å². The number of aliphatic carboxylic acids is 1. The van der Waals surface area contributed by atoms with Crippen molar-refractivity contribution in [3.05, 3.63) is 56.6 Å². The molecule has 1 N–H and O–H groups in total. The van der Waals surface area contributed by atoms with Gasteiger partial charge in [0.25, 0.3) is 0 Å². The largest absolute Gasteiger partial charge is 0.481 e. The first kappa shape index (κ1) is 14.4. The van der Waals surface area contributed by atoms with Crippen LogP contribution in [0.15, 0.2) is 24.3 Å². The Morgan fingerprint density at radius 3 is 2.62 bits per heavy atom. The number of aryl methyl sites for hydroxylation is 2. The van der Waals surface area contributed by atoms with Crippen LogP contribution in [-0.4, -0.2) is 11.1 Å². The van der Waals surface area contributed by atoms with Crippen LogP contribution >= 0.6 is 23.2 Å². The molecule has 0 aromatic heterocycles. The van der Waals surface area contributed by atoms with Gasteiger partial charge in [-0.25, -0.2) is 0 Å². The molecule has 2 aromatic carbocycles. The summed E-state index contributed by atoms with van der Waals surface area (Å²) >= 11 is 12.5. The van der Waals surface area contributed by atoms with Gasteiger partial charge in [-0.2, -0.15) is 0 Å². The highest BCUT2D eigenvalue weighted by molar-refractivity contribution is 6.44. The Kier molecular flexibility index (Phi) is 3.46. The van der Waals surface area contributed by atoms with Crippen LogP contribution in [0, 0.1) is 13.8 Å². The van der Waals surface area contributed by atoms with Gasteiger partial charge in [0.15, 0.2) is 0 Å². The highest BCUT2D eigenvalue weighted by Gasteiger charge is 2.33. The van der Waals surface area contributed by atoms with E-state index in [0.29, 0.717) is 10.0 Å². The summed E-state index contributed by atoms with van der Waals surface area (Å²) in [5.41, 5.74) is 6.14. The Labute approximate surface area is 133 Å². The number of fused-ring (bicyclic) bond motifs is 3. The van der Waals surface area contributed by atoms with Gasteiger partial charge < -0.3 is 5.11 Å². The number of halogens is 2. The van der Waals surface area contributed by atoms with Crippen molar-refractivity contribution < 1.29 is 9.90 Å². The van der Waals surface area contributed by atoms with E-state index >= 15 is 0 Å². The predicted molar refractivity (Wildman–Crippen MR) is 85.5 cm³/mol. The second kappa shape index (κ2) is 5.04. The third-order valence-electron chi connectivity index (χ3n) is 4.03. The maximum Gasteiger partial charge on any atom is 0.304 e. The summed E-state index contributed by atoms with van der Waals surface area (Å²) in [7, 11) is 0. The molecule has 3 rings (SSSR count). The lowest BCUT2D eigenvalue weighted by atomic mass is 9.90. The molecule has 0 fully saturated rings. The maximum atomic E-state index is 11.2. The van der Waals surface area contributed by atoms with Crippen LogP contribution in [0.3, 0.4) is 0 Å². The summed E-state index contributed by atoms with van der Waals surface area (Å²) < 4.78 is 0. The molecule has 0 spiro atoms. The fraction of sp³-hybridized carbons (Fsp3) is 0.235. The van der Waals surface area contributed by atoms with E-state index in [9.17, 15) is 9.90 Å². The molecule has 1 aliphatic rings. The molecule has 0 radical (unpaired) electrons. The third kappa shape index (κ3) is 2.23. The van der Waals surface area contributed by atoms with Gasteiger partial charge in [-0.1, -0.05) is 47.0 Å². The fourth-order valence-corrected chi connectivity index (χ4v) is 3.75. The summed E-state index contributed by atoms with van der Waals surface area (Å²) in [6.45, 7) is 4.04. The van der Waals surface area contributed by atoms with Crippen LogP contribution < -0.4 is 0 Å². The van der Waals surface area contributed by atoms with Crippen LogP contribution in [0.4, 0.5) is 0 Å². The Morgan fingerprint density at radius 1 is 1.24 bits per heavy atom. The van der Waals surface area contributed by atoms with Crippen molar-refractivity contribution in [1.29, 1.82) is 0 Å². The quantitative estimate of drug-likeness (QED) is 0.826. The minimum absolute atomic E-state index is 0.0574. The lowest BCUT2D eigenvalue weighted by Crippen LogP contribution is -2.06. The van der Waals surface area contributed by atoms with E-state index in [2.05, 4.69) is 12.1 Å². The van der Waals surface area contributed by atoms with Crippen LogP contribution in [0.25, 0.3) is 11.1 Å². The molecule has 2 nitrogen and oxygen atoms in total. The minimum Gasteiger partial charge on any atom is -0.481 e. The monoisotopic (exact) mass is 320 g/mol. The standard InChI is InChI=1S/C17H14Cl2O2/c1-8-5-9(2)15-11(7-14(20)21)10-3-4-13(18)17(19)16(10)12(15)6-8/h3-6,11H,7H2,1-2H3,(H,20,21). The summed E-state index contributed by atoms with van der Waals surface area (Å²) in [4.78, 5) is 11.2. The van der Waals surface area contributed by atoms with Gasteiger partial charge >= 0.3 is 5.97 Å². The summed E-state index contributed by atoms with van der Waals surface area (Å²) in [5, 5.41) is 10.2. The molecular weight excluding hydrogens is 307 g/mol. The second-order valence-electron chi connectivity index (χ2n) is 5.52. The van der Waals surface area contributed by atoms with Gasteiger partial charge in [0.1, 0.15) is 0 Å². The number of rotatable bonds is 2. The summed E-state index contributed by atoms with van der Waals surface area (Å²) in [6.07, 6.45) is 0.0574. The molecule has 1 aliphatic carbocycles. The predicted octanol–water partition coefficient (Wildman–Crippen LogP) is 5.20. The number of carboxylic acid groups (broad SMARTS) is 1. The lowest BCUT2D eigenvalue weighted by Gasteiger charge is -2.14. The van der Waals surface area contributed by atoms with Crippen molar-refractivity contribution >= 4 is 29.2 Å². The molecule has 21 heavy (non-hydrogen) atoms. The van der Waals surface area contributed by atoms with E-state index in [-0.39, 0.29) is 12.3 Å². The molecule has 0 saturated carbocycles. The van der Waals surface area contributed by atoms with Crippen LogP contribution in [0.1, 0.15) is 34.6 Å². The average Bonchev–Trinajstić information content (AvgIpc) is 2.68. The third-order valence-corrected chi connectivity index (χ3v) is 4.83. The van der Waals surface area contributed by atoms with Crippen molar-refractivity contribution in [3.63, 3.8) is 0 Å². The highest BCUT2D eigenvalue weighted by Crippen LogP contribution is 2.52. The molecule has 2 aromatic rings. The summed E-state index contributed by atoms with van der Waals surface area (Å²) in [5.74, 6) is -0.979. The molecule has 1 unspecified atom stereocenters. The van der Waals surface area contributed by atoms with Gasteiger partial charge in [-0.3, -0.25) is 4.79 Å². The average molecular weight is 321 g/mol. The van der Waals surface area contributed by atoms with Crippen molar-refractivity contribution in [2.45, 2.75) is 26.2 Å². The normalized spacial score (nSPS) is 15.7. The van der Waals surface area contributed by atoms with E-state index < -0.39 is 5.97 Å². The molecule has 0 bridgehead atoms. The van der Waals surface area contributed by atoms with Gasteiger partial charge in [-0.15, -0.1) is 0 Å². The van der Waals surface area contributed by atoms with Gasteiger partial charge in [0, 0.05) is 11.5 Å². The van der Waals surface area contributed by atoms with Crippen molar-refractivity contribution in [3.8, 4) is 11.1 Å². The van der Waals surface area contributed by atoms with Gasteiger partial charge in [0.05, 0.1) is 16.5 Å². The molecular formula is C17H14Cl2O2. The second-order valence-corrected chi connectivity index (χ2v) is 6.30. The molecule has 0 amide bonds. The minimum atomic E-state index is -0.815. The number of benzene rings is 2. The molecule has 1 atom stereocenters. The highest BCUT2D eigenvalue weighted by atomic mass is 35.5. The van der Waals surface area contributed by atoms with E-state index in [1.807, 2.05) is 19.9 Å². The first-order valence-corrected chi connectivity index (χ1v) is 7.47. The van der Waals surface area contributed by atoms with Crippen molar-refractivity contribution in [2.75, 3.05) is 0 Å². The number of carboxylic acids is 1. The zero-order chi connectivity index (χ0) is 15.3. The number of hydrogen-bond donors (Lipinski definition) is 1. The fourth-order valence-electron chi connectivity index (χ4n) is 3.32. The van der Waals surface area contributed by atoms with E-state index in [0.717, 1.165) is 33.4 Å². The van der Waals surface area contributed by atoms with Crippen molar-refractivity contribution in [1.82, 2.24) is 0 Å². The summed E-state index contributed by atoms with van der Waals surface area (Å²) in [6, 6.07) is 7.78. The zero-order valence-corrected chi connectivity index (χ0v) is 13.2. The topological polar surface area (TPSA) is 37.3 Å². The zero-order valence-electron chi connectivity index (χ0n) is 11.7. The molecule has 0 saturated heterocycles. The van der Waals surface area contributed by atoms with Crippen LogP contribution in [0.2, 0.25) is 10.0 Å². The van der Waals surface area contributed by atoms with Crippen LogP contribution in [0.5, 0.6) is 0 Å². The Balaban J connectivity index is 2.35. The Hall–Kier alpha value is -1.51. The van der Waals surface area contributed by atoms with Crippen LogP contribution in [-0.2, 0) is 4.79 Å². The Bertz CT molecular complexity index is 766. The molecule has 0 aliphatic heterocycles. The number of hydrogen-bond acceptors (Lipinski definition) is 1. The van der Waals surface area contributed by atoms with Gasteiger partial charge in [-0.05, 0) is 42.2 Å². The Morgan fingerprint density at radius 2 is 1.95 bits per heavy atom. The maximum absolute atomic E-state index is 11.2. The first-order chi connectivity index (χ1) is 9.90. The molecule has 108 valence electrons. The molecule has 4 heteroatoms. The SMILES string of the molecule is Cc1cc(C)c2c(c1)-c1c(ccc(Cl)c1Cl)C2CC(=O)O. The van der Waals surface area contributed by atoms with E-state index in [4.69, 9.17) is 23.2 Å². The first-order valence-electron chi connectivity index (χ1n) is 6.71. The van der Waals surface area contributed by atoms with Gasteiger partial charge in [0.2, 0.25) is 0 Å².